The third-order valence-electron chi connectivity index (χ3n) is 6.25. The number of nitrogens with zero attached hydrogens (tertiary/aromatic N) is 2. The van der Waals surface area contributed by atoms with Crippen LogP contribution in [0.2, 0.25) is 0 Å². The van der Waals surface area contributed by atoms with Crippen LogP contribution in [0, 0.1) is 13.8 Å². The number of aromatic nitrogens is 1. The Labute approximate surface area is 248 Å². The molecule has 1 aromatic heterocycles. The highest BCUT2D eigenvalue weighted by molar-refractivity contribution is 7.14. The Bertz CT molecular complexity index is 1720. The number of hydrazone groups is 1. The molecule has 9 heteroatoms. The molecule has 3 N–H and O–H groups in total. The summed E-state index contributed by atoms with van der Waals surface area (Å²) in [5.41, 5.74) is 9.25. The second kappa shape index (κ2) is 13.4. The number of hydrogen-bond donors (Lipinski definition) is 3. The smallest absolute Gasteiger partial charge is 0.271 e. The summed E-state index contributed by atoms with van der Waals surface area (Å²) in [7, 11) is 0. The third kappa shape index (κ3) is 7.67. The summed E-state index contributed by atoms with van der Waals surface area (Å²) < 4.78 is 5.66. The largest absolute Gasteiger partial charge is 0.484 e. The van der Waals surface area contributed by atoms with Crippen LogP contribution in [0.3, 0.4) is 0 Å². The number of anilines is 3. The second-order valence-electron chi connectivity index (χ2n) is 9.53. The average molecular weight is 576 g/mol. The van der Waals surface area contributed by atoms with E-state index in [0.29, 0.717) is 16.9 Å². The molecule has 0 atom stereocenters. The lowest BCUT2D eigenvalue weighted by atomic mass is 10.1. The Hall–Kier alpha value is -5.28. The van der Waals surface area contributed by atoms with Crippen molar-refractivity contribution < 1.29 is 14.3 Å². The van der Waals surface area contributed by atoms with E-state index in [1.54, 1.807) is 30.3 Å². The number of hydrogen-bond acceptors (Lipinski definition) is 7. The summed E-state index contributed by atoms with van der Waals surface area (Å²) in [6.07, 6.45) is 1.52. The monoisotopic (exact) mass is 575 g/mol. The molecule has 0 radical (unpaired) electrons. The molecule has 0 spiro atoms. The van der Waals surface area contributed by atoms with Crippen molar-refractivity contribution in [2.24, 2.45) is 5.10 Å². The lowest BCUT2D eigenvalue weighted by Gasteiger charge is -2.10. The number of benzene rings is 4. The van der Waals surface area contributed by atoms with E-state index in [4.69, 9.17) is 4.74 Å². The number of ether oxygens (including phenoxy) is 1. The minimum absolute atomic E-state index is 0.132. The summed E-state index contributed by atoms with van der Waals surface area (Å²) >= 11 is 1.52. The molecule has 0 unspecified atom stereocenters. The molecule has 0 aliphatic rings. The maximum Gasteiger partial charge on any atom is 0.271 e. The van der Waals surface area contributed by atoms with Crippen molar-refractivity contribution in [3.8, 4) is 17.0 Å². The summed E-state index contributed by atoms with van der Waals surface area (Å²) in [5, 5.41) is 13.0. The van der Waals surface area contributed by atoms with Gasteiger partial charge >= 0.3 is 0 Å². The van der Waals surface area contributed by atoms with E-state index < -0.39 is 0 Å². The topological polar surface area (TPSA) is 105 Å². The van der Waals surface area contributed by atoms with Crippen molar-refractivity contribution in [2.75, 3.05) is 17.2 Å². The predicted molar refractivity (Wildman–Crippen MR) is 169 cm³/mol. The molecular weight excluding hydrogens is 546 g/mol. The number of rotatable bonds is 10. The van der Waals surface area contributed by atoms with Gasteiger partial charge in [0, 0.05) is 27.9 Å². The van der Waals surface area contributed by atoms with Crippen molar-refractivity contribution in [1.29, 1.82) is 0 Å². The van der Waals surface area contributed by atoms with Crippen molar-refractivity contribution in [2.45, 2.75) is 13.8 Å². The van der Waals surface area contributed by atoms with Crippen LogP contribution < -0.4 is 20.8 Å². The molecule has 5 aromatic rings. The van der Waals surface area contributed by atoms with Gasteiger partial charge in [-0.25, -0.2) is 10.4 Å². The number of amides is 2. The normalized spacial score (nSPS) is 10.8. The van der Waals surface area contributed by atoms with Crippen LogP contribution in [0.4, 0.5) is 16.5 Å². The first kappa shape index (κ1) is 28.3. The molecule has 0 aliphatic heterocycles. The summed E-state index contributed by atoms with van der Waals surface area (Å²) in [6.45, 7) is 3.78. The highest BCUT2D eigenvalue weighted by atomic mass is 32.1. The molecule has 0 fully saturated rings. The molecule has 1 heterocycles. The summed E-state index contributed by atoms with van der Waals surface area (Å²) in [4.78, 5) is 29.6. The zero-order valence-corrected chi connectivity index (χ0v) is 23.9. The fourth-order valence-corrected chi connectivity index (χ4v) is 4.76. The number of aryl methyl sites for hydroxylation is 2. The van der Waals surface area contributed by atoms with Gasteiger partial charge in [0.25, 0.3) is 11.8 Å². The molecular formula is C33H29N5O3S. The first-order chi connectivity index (χ1) is 20.4. The van der Waals surface area contributed by atoms with Gasteiger partial charge in [-0.3, -0.25) is 9.59 Å². The van der Waals surface area contributed by atoms with E-state index in [2.05, 4.69) is 26.1 Å². The van der Waals surface area contributed by atoms with Crippen LogP contribution in [-0.4, -0.2) is 29.6 Å². The lowest BCUT2D eigenvalue weighted by molar-refractivity contribution is -0.118. The van der Waals surface area contributed by atoms with Gasteiger partial charge in [0.15, 0.2) is 11.7 Å². The van der Waals surface area contributed by atoms with E-state index >= 15 is 0 Å². The van der Waals surface area contributed by atoms with Gasteiger partial charge < -0.3 is 15.4 Å². The van der Waals surface area contributed by atoms with E-state index in [1.807, 2.05) is 86.0 Å². The summed E-state index contributed by atoms with van der Waals surface area (Å²) in [6, 6.07) is 30.0. The maximum atomic E-state index is 12.6. The fraction of sp³-hybridized carbons (Fsp3) is 0.0909. The molecule has 8 nitrogen and oxygen atoms in total. The Balaban J connectivity index is 1.11. The maximum absolute atomic E-state index is 12.6. The first-order valence-corrected chi connectivity index (χ1v) is 14.1. The van der Waals surface area contributed by atoms with Crippen molar-refractivity contribution in [3.63, 3.8) is 0 Å². The molecule has 2 amide bonds. The van der Waals surface area contributed by atoms with Crippen molar-refractivity contribution >= 4 is 45.9 Å². The van der Waals surface area contributed by atoms with Crippen LogP contribution in [0.1, 0.15) is 27.0 Å². The van der Waals surface area contributed by atoms with Crippen LogP contribution in [0.15, 0.2) is 108 Å². The highest BCUT2D eigenvalue weighted by Crippen LogP contribution is 2.27. The molecule has 0 saturated heterocycles. The minimum Gasteiger partial charge on any atom is -0.484 e. The Morgan fingerprint density at radius 3 is 2.55 bits per heavy atom. The molecule has 4 aromatic carbocycles. The second-order valence-corrected chi connectivity index (χ2v) is 10.4. The van der Waals surface area contributed by atoms with Gasteiger partial charge in [-0.2, -0.15) is 5.10 Å². The van der Waals surface area contributed by atoms with Crippen LogP contribution in [0.25, 0.3) is 11.3 Å². The number of thiazole rings is 1. The number of para-hydroxylation sites is 1. The van der Waals surface area contributed by atoms with Gasteiger partial charge in [-0.05, 0) is 73.0 Å². The molecule has 42 heavy (non-hydrogen) atoms. The zero-order chi connectivity index (χ0) is 29.3. The molecule has 5 rings (SSSR count). The third-order valence-corrected chi connectivity index (χ3v) is 7.00. The highest BCUT2D eigenvalue weighted by Gasteiger charge is 2.09. The quantitative estimate of drug-likeness (QED) is 0.123. The van der Waals surface area contributed by atoms with E-state index in [1.165, 1.54) is 17.6 Å². The summed E-state index contributed by atoms with van der Waals surface area (Å²) in [5.74, 6) is -0.0701. The number of carbonyl (C=O) groups excluding carboxylic acids is 2. The predicted octanol–water partition coefficient (Wildman–Crippen LogP) is 6.95. The van der Waals surface area contributed by atoms with Crippen molar-refractivity contribution in [1.82, 2.24) is 10.4 Å². The van der Waals surface area contributed by atoms with Crippen LogP contribution >= 0.6 is 11.3 Å². The van der Waals surface area contributed by atoms with Gasteiger partial charge in [0.05, 0.1) is 11.9 Å². The van der Waals surface area contributed by atoms with E-state index in [0.717, 1.165) is 38.9 Å². The molecule has 0 aliphatic carbocycles. The molecule has 210 valence electrons. The van der Waals surface area contributed by atoms with Gasteiger partial charge in [0.2, 0.25) is 0 Å². The Morgan fingerprint density at radius 1 is 0.929 bits per heavy atom. The van der Waals surface area contributed by atoms with Crippen molar-refractivity contribution in [3.05, 3.63) is 125 Å². The standard InChI is InChI=1S/C33H29N5O3S/c1-22-11-12-23(2)29(17-22)36-31(39)20-41-28-10-6-7-24(18-28)19-34-38-32(40)26-15-13-25(14-16-26)30-21-42-33(37-30)35-27-8-4-3-5-9-27/h3-19,21H,20H2,1-2H3,(H,35,37)(H,36,39)(H,38,40)/b34-19+. The SMILES string of the molecule is Cc1ccc(C)c(NC(=O)COc2cccc(/C=N/NC(=O)c3ccc(-c4csc(Nc5ccccc5)n4)cc3)c2)c1. The molecule has 0 saturated carbocycles. The zero-order valence-electron chi connectivity index (χ0n) is 23.1. The Kier molecular flexibility index (Phi) is 9.00. The van der Waals surface area contributed by atoms with Crippen LogP contribution in [-0.2, 0) is 4.79 Å². The van der Waals surface area contributed by atoms with E-state index in [-0.39, 0.29) is 18.4 Å². The van der Waals surface area contributed by atoms with Gasteiger partial charge in [-0.15, -0.1) is 11.3 Å². The van der Waals surface area contributed by atoms with E-state index in [9.17, 15) is 9.59 Å². The fourth-order valence-electron chi connectivity index (χ4n) is 4.02. The number of carbonyl (C=O) groups is 2. The minimum atomic E-state index is -0.335. The first-order valence-electron chi connectivity index (χ1n) is 13.2. The van der Waals surface area contributed by atoms with Gasteiger partial charge in [0.1, 0.15) is 5.75 Å². The van der Waals surface area contributed by atoms with Gasteiger partial charge in [-0.1, -0.05) is 54.6 Å². The average Bonchev–Trinajstić information content (AvgIpc) is 3.47. The lowest BCUT2D eigenvalue weighted by Crippen LogP contribution is -2.20. The Morgan fingerprint density at radius 2 is 1.74 bits per heavy atom. The number of nitrogens with one attached hydrogen (secondary N) is 3. The molecule has 0 bridgehead atoms. The van der Waals surface area contributed by atoms with Crippen LogP contribution in [0.5, 0.6) is 5.75 Å².